The summed E-state index contributed by atoms with van der Waals surface area (Å²) in [4.78, 5) is 15.1. The van der Waals surface area contributed by atoms with Gasteiger partial charge in [0.05, 0.1) is 13.2 Å². The maximum absolute atomic E-state index is 13.2. The van der Waals surface area contributed by atoms with Crippen molar-refractivity contribution in [2.45, 2.75) is 44.0 Å². The third-order valence-corrected chi connectivity index (χ3v) is 8.37. The van der Waals surface area contributed by atoms with E-state index in [9.17, 15) is 13.2 Å². The highest BCUT2D eigenvalue weighted by Crippen LogP contribution is 2.30. The van der Waals surface area contributed by atoms with Crippen molar-refractivity contribution in [3.05, 3.63) is 65.7 Å². The molecule has 0 aliphatic carbocycles. The maximum Gasteiger partial charge on any atom is 0.246 e. The topological polar surface area (TPSA) is 79.0 Å². The number of amides is 1. The molecular weight excluding hydrogens is 462 g/mol. The molecule has 8 heteroatoms. The first kappa shape index (κ1) is 26.9. The summed E-state index contributed by atoms with van der Waals surface area (Å²) in [7, 11) is -2.20. The third kappa shape index (κ3) is 6.93. The molecule has 2 aromatic rings. The highest BCUT2D eigenvalue weighted by Gasteiger charge is 2.29. The summed E-state index contributed by atoms with van der Waals surface area (Å²) >= 11 is 0. The standard InChI is InChI=1S/C27H37N3O4S/c1-4-29(5-2)24(23-12-8-6-9-13-23)21-28-27(31)17-15-22-14-16-25(34-3)26(20-22)35(32,33)30-18-10-7-11-19-30/h6,8-9,12-17,20,24H,4-5,7,10-11,18-19,21H2,1-3H3,(H,28,31)/b17-15+. The Kier molecular flexibility index (Phi) is 9.89. The van der Waals surface area contributed by atoms with Gasteiger partial charge in [-0.15, -0.1) is 0 Å². The van der Waals surface area contributed by atoms with Crippen LogP contribution in [0.2, 0.25) is 0 Å². The van der Waals surface area contributed by atoms with Crippen LogP contribution in [-0.4, -0.2) is 63.4 Å². The number of likely N-dealkylation sites (N-methyl/N-ethyl adjacent to an activating group) is 1. The summed E-state index contributed by atoms with van der Waals surface area (Å²) in [5.74, 6) is 0.0800. The number of piperidine rings is 1. The van der Waals surface area contributed by atoms with Gasteiger partial charge in [-0.05, 0) is 55.3 Å². The molecule has 35 heavy (non-hydrogen) atoms. The predicted molar refractivity (Wildman–Crippen MR) is 140 cm³/mol. The molecule has 1 unspecified atom stereocenters. The Labute approximate surface area is 209 Å². The van der Waals surface area contributed by atoms with E-state index in [-0.39, 0.29) is 16.8 Å². The van der Waals surface area contributed by atoms with Gasteiger partial charge < -0.3 is 10.1 Å². The van der Waals surface area contributed by atoms with Gasteiger partial charge in [0.1, 0.15) is 10.6 Å². The molecule has 1 heterocycles. The fourth-order valence-electron chi connectivity index (χ4n) is 4.47. The summed E-state index contributed by atoms with van der Waals surface area (Å²) < 4.78 is 33.3. The number of carbonyl (C=O) groups is 1. The van der Waals surface area contributed by atoms with Gasteiger partial charge >= 0.3 is 0 Å². The Balaban J connectivity index is 1.73. The zero-order chi connectivity index (χ0) is 25.3. The molecule has 7 nitrogen and oxygen atoms in total. The number of nitrogens with one attached hydrogen (secondary N) is 1. The molecule has 1 N–H and O–H groups in total. The minimum absolute atomic E-state index is 0.0748. The SMILES string of the molecule is CCN(CC)C(CNC(=O)/C=C/c1ccc(OC)c(S(=O)(=O)N2CCCCC2)c1)c1ccccc1. The van der Waals surface area contributed by atoms with E-state index in [2.05, 4.69) is 36.2 Å². The zero-order valence-electron chi connectivity index (χ0n) is 20.9. The summed E-state index contributed by atoms with van der Waals surface area (Å²) in [5.41, 5.74) is 1.78. The van der Waals surface area contributed by atoms with Crippen molar-refractivity contribution in [2.75, 3.05) is 39.8 Å². The molecule has 3 rings (SSSR count). The minimum atomic E-state index is -3.66. The Morgan fingerprint density at radius 2 is 1.77 bits per heavy atom. The van der Waals surface area contributed by atoms with Crippen LogP contribution in [0.5, 0.6) is 5.75 Å². The molecule has 190 valence electrons. The van der Waals surface area contributed by atoms with Crippen LogP contribution >= 0.6 is 0 Å². The van der Waals surface area contributed by atoms with Crippen molar-refractivity contribution >= 4 is 22.0 Å². The van der Waals surface area contributed by atoms with E-state index in [1.54, 1.807) is 24.3 Å². The molecule has 1 aliphatic heterocycles. The Hall–Kier alpha value is -2.68. The number of hydrogen-bond donors (Lipinski definition) is 1. The first-order valence-electron chi connectivity index (χ1n) is 12.3. The van der Waals surface area contributed by atoms with Gasteiger partial charge in [-0.2, -0.15) is 4.31 Å². The van der Waals surface area contributed by atoms with E-state index in [1.165, 1.54) is 17.5 Å². The molecular formula is C27H37N3O4S. The van der Waals surface area contributed by atoms with E-state index < -0.39 is 10.0 Å². The smallest absolute Gasteiger partial charge is 0.246 e. The lowest BCUT2D eigenvalue weighted by molar-refractivity contribution is -0.116. The second-order valence-electron chi connectivity index (χ2n) is 8.60. The van der Waals surface area contributed by atoms with Crippen molar-refractivity contribution in [3.63, 3.8) is 0 Å². The monoisotopic (exact) mass is 499 g/mol. The summed E-state index contributed by atoms with van der Waals surface area (Å²) in [6, 6.07) is 15.2. The van der Waals surface area contributed by atoms with Crippen LogP contribution < -0.4 is 10.1 Å². The van der Waals surface area contributed by atoms with E-state index in [1.807, 2.05) is 18.2 Å². The van der Waals surface area contributed by atoms with E-state index in [0.29, 0.717) is 30.9 Å². The molecule has 0 spiro atoms. The Morgan fingerprint density at radius 1 is 1.09 bits per heavy atom. The minimum Gasteiger partial charge on any atom is -0.495 e. The van der Waals surface area contributed by atoms with Gasteiger partial charge in [0.25, 0.3) is 0 Å². The molecule has 1 fully saturated rings. The van der Waals surface area contributed by atoms with Crippen LogP contribution in [0.25, 0.3) is 6.08 Å². The number of rotatable bonds is 11. The fraction of sp³-hybridized carbons (Fsp3) is 0.444. The van der Waals surface area contributed by atoms with E-state index in [0.717, 1.165) is 37.9 Å². The third-order valence-electron chi connectivity index (χ3n) is 6.45. The maximum atomic E-state index is 13.2. The molecule has 0 aromatic heterocycles. The van der Waals surface area contributed by atoms with Crippen LogP contribution in [0.4, 0.5) is 0 Å². The number of hydrogen-bond acceptors (Lipinski definition) is 5. The number of methoxy groups -OCH3 is 1. The van der Waals surface area contributed by atoms with Gasteiger partial charge in [0.15, 0.2) is 0 Å². The highest BCUT2D eigenvalue weighted by atomic mass is 32.2. The van der Waals surface area contributed by atoms with Crippen LogP contribution in [0.15, 0.2) is 59.5 Å². The molecule has 1 saturated heterocycles. The van der Waals surface area contributed by atoms with Crippen molar-refractivity contribution in [2.24, 2.45) is 0 Å². The normalized spacial score (nSPS) is 15.9. The quantitative estimate of drug-likeness (QED) is 0.471. The van der Waals surface area contributed by atoms with Gasteiger partial charge in [-0.1, -0.05) is 56.7 Å². The molecule has 1 atom stereocenters. The average Bonchev–Trinajstić information content (AvgIpc) is 2.90. The Morgan fingerprint density at radius 3 is 2.40 bits per heavy atom. The van der Waals surface area contributed by atoms with Gasteiger partial charge in [-0.3, -0.25) is 9.69 Å². The molecule has 0 radical (unpaired) electrons. The molecule has 1 aliphatic rings. The molecule has 1 amide bonds. The van der Waals surface area contributed by atoms with Crippen LogP contribution in [0.1, 0.15) is 50.3 Å². The zero-order valence-corrected chi connectivity index (χ0v) is 21.8. The summed E-state index contributed by atoms with van der Waals surface area (Å²) in [5, 5.41) is 3.00. The number of nitrogens with zero attached hydrogens (tertiary/aromatic N) is 2. The van der Waals surface area contributed by atoms with E-state index in [4.69, 9.17) is 4.74 Å². The van der Waals surface area contributed by atoms with Crippen LogP contribution in [0, 0.1) is 0 Å². The van der Waals surface area contributed by atoms with Crippen molar-refractivity contribution in [3.8, 4) is 5.75 Å². The van der Waals surface area contributed by atoms with Crippen molar-refractivity contribution < 1.29 is 17.9 Å². The van der Waals surface area contributed by atoms with Gasteiger partial charge in [0.2, 0.25) is 15.9 Å². The fourth-order valence-corrected chi connectivity index (χ4v) is 6.18. The summed E-state index contributed by atoms with van der Waals surface area (Å²) in [6.07, 6.45) is 5.85. The summed E-state index contributed by atoms with van der Waals surface area (Å²) in [6.45, 7) is 7.49. The van der Waals surface area contributed by atoms with E-state index >= 15 is 0 Å². The Bertz CT molecular complexity index is 1090. The first-order chi connectivity index (χ1) is 16.9. The van der Waals surface area contributed by atoms with Crippen molar-refractivity contribution in [1.29, 1.82) is 0 Å². The second-order valence-corrected chi connectivity index (χ2v) is 10.5. The highest BCUT2D eigenvalue weighted by molar-refractivity contribution is 7.89. The molecule has 0 saturated carbocycles. The van der Waals surface area contributed by atoms with Crippen LogP contribution in [-0.2, 0) is 14.8 Å². The largest absolute Gasteiger partial charge is 0.495 e. The number of benzene rings is 2. The second kappa shape index (κ2) is 12.9. The lowest BCUT2D eigenvalue weighted by Gasteiger charge is -2.30. The number of sulfonamides is 1. The number of carbonyl (C=O) groups excluding carboxylic acids is 1. The number of ether oxygens (including phenoxy) is 1. The van der Waals surface area contributed by atoms with Gasteiger partial charge in [-0.25, -0.2) is 8.42 Å². The van der Waals surface area contributed by atoms with Gasteiger partial charge in [0, 0.05) is 25.7 Å². The average molecular weight is 500 g/mol. The lowest BCUT2D eigenvalue weighted by Crippen LogP contribution is -2.37. The molecule has 0 bridgehead atoms. The molecule has 2 aromatic carbocycles. The first-order valence-corrected chi connectivity index (χ1v) is 13.8. The lowest BCUT2D eigenvalue weighted by atomic mass is 10.1. The van der Waals surface area contributed by atoms with Crippen LogP contribution in [0.3, 0.4) is 0 Å². The predicted octanol–water partition coefficient (Wildman–Crippen LogP) is 4.08. The van der Waals surface area contributed by atoms with Crippen molar-refractivity contribution in [1.82, 2.24) is 14.5 Å².